The Morgan fingerprint density at radius 2 is 2.05 bits per heavy atom. The lowest BCUT2D eigenvalue weighted by atomic mass is 10.1. The van der Waals surface area contributed by atoms with E-state index < -0.39 is 0 Å². The van der Waals surface area contributed by atoms with Crippen LogP contribution in [0.2, 0.25) is 5.02 Å². The number of rotatable bonds is 3. The number of halogens is 1. The van der Waals surface area contributed by atoms with Crippen LogP contribution < -0.4 is 10.1 Å². The van der Waals surface area contributed by atoms with E-state index in [1.165, 1.54) is 6.33 Å². The van der Waals surface area contributed by atoms with Crippen molar-refractivity contribution in [3.63, 3.8) is 0 Å². The Hall–Kier alpha value is -1.65. The summed E-state index contributed by atoms with van der Waals surface area (Å²) < 4.78 is 5.82. The van der Waals surface area contributed by atoms with E-state index in [2.05, 4.69) is 15.3 Å². The Morgan fingerprint density at radius 1 is 1.21 bits per heavy atom. The molecule has 2 aromatic rings. The van der Waals surface area contributed by atoms with Crippen LogP contribution in [0.15, 0.2) is 36.7 Å². The minimum Gasteiger partial charge on any atom is -0.473 e. The van der Waals surface area contributed by atoms with Gasteiger partial charge in [0.1, 0.15) is 12.4 Å². The molecule has 1 aliphatic rings. The molecule has 4 nitrogen and oxygen atoms in total. The molecular formula is C14H14ClN3O. The van der Waals surface area contributed by atoms with Gasteiger partial charge in [0.05, 0.1) is 5.69 Å². The number of nitrogens with zero attached hydrogens (tertiary/aromatic N) is 2. The molecule has 2 heterocycles. The number of aromatic nitrogens is 2. The van der Waals surface area contributed by atoms with Crippen molar-refractivity contribution in [3.8, 4) is 17.1 Å². The van der Waals surface area contributed by atoms with Gasteiger partial charge in [0, 0.05) is 23.2 Å². The highest BCUT2D eigenvalue weighted by Gasteiger charge is 2.16. The van der Waals surface area contributed by atoms with Gasteiger partial charge in [-0.15, -0.1) is 0 Å². The zero-order chi connectivity index (χ0) is 13.1. The zero-order valence-corrected chi connectivity index (χ0v) is 11.1. The van der Waals surface area contributed by atoms with Crippen molar-refractivity contribution in [2.45, 2.75) is 12.5 Å². The molecule has 0 bridgehead atoms. The van der Waals surface area contributed by atoms with Crippen LogP contribution in [0.4, 0.5) is 0 Å². The number of ether oxygens (including phenoxy) is 1. The van der Waals surface area contributed by atoms with Crippen LogP contribution in [0.3, 0.4) is 0 Å². The van der Waals surface area contributed by atoms with Crippen LogP contribution in [0.5, 0.6) is 5.88 Å². The van der Waals surface area contributed by atoms with E-state index in [9.17, 15) is 0 Å². The predicted molar refractivity (Wildman–Crippen MR) is 74.4 cm³/mol. The van der Waals surface area contributed by atoms with Gasteiger partial charge < -0.3 is 10.1 Å². The van der Waals surface area contributed by atoms with Gasteiger partial charge in [-0.2, -0.15) is 0 Å². The fourth-order valence-corrected chi connectivity index (χ4v) is 2.21. The molecule has 1 saturated heterocycles. The minimum atomic E-state index is 0.202. The summed E-state index contributed by atoms with van der Waals surface area (Å²) in [5.74, 6) is 0.619. The Bertz CT molecular complexity index is 553. The molecule has 0 saturated carbocycles. The van der Waals surface area contributed by atoms with E-state index in [0.717, 1.165) is 30.8 Å². The van der Waals surface area contributed by atoms with E-state index in [0.29, 0.717) is 10.9 Å². The summed E-state index contributed by atoms with van der Waals surface area (Å²) in [6.45, 7) is 1.88. The molecule has 3 rings (SSSR count). The molecule has 1 aromatic carbocycles. The van der Waals surface area contributed by atoms with Crippen LogP contribution in [0.1, 0.15) is 6.42 Å². The van der Waals surface area contributed by atoms with Crippen molar-refractivity contribution in [2.75, 3.05) is 13.1 Å². The molecule has 0 radical (unpaired) electrons. The Morgan fingerprint density at radius 3 is 2.79 bits per heavy atom. The van der Waals surface area contributed by atoms with Crippen LogP contribution in [-0.2, 0) is 0 Å². The molecular weight excluding hydrogens is 262 g/mol. The van der Waals surface area contributed by atoms with Crippen molar-refractivity contribution in [1.82, 2.24) is 15.3 Å². The second kappa shape index (κ2) is 5.55. The first-order valence-electron chi connectivity index (χ1n) is 6.26. The number of benzene rings is 1. The lowest BCUT2D eigenvalue weighted by Crippen LogP contribution is -2.20. The maximum absolute atomic E-state index is 5.88. The van der Waals surface area contributed by atoms with Crippen molar-refractivity contribution >= 4 is 11.6 Å². The highest BCUT2D eigenvalue weighted by molar-refractivity contribution is 6.30. The van der Waals surface area contributed by atoms with Crippen molar-refractivity contribution < 1.29 is 4.74 Å². The maximum Gasteiger partial charge on any atom is 0.217 e. The Kier molecular flexibility index (Phi) is 3.62. The van der Waals surface area contributed by atoms with Gasteiger partial charge in [-0.25, -0.2) is 9.97 Å². The molecule has 1 aromatic heterocycles. The molecule has 0 spiro atoms. The highest BCUT2D eigenvalue weighted by Crippen LogP contribution is 2.22. The number of hydrogen-bond acceptors (Lipinski definition) is 4. The van der Waals surface area contributed by atoms with Gasteiger partial charge in [0.2, 0.25) is 5.88 Å². The van der Waals surface area contributed by atoms with Crippen molar-refractivity contribution in [3.05, 3.63) is 41.7 Å². The monoisotopic (exact) mass is 275 g/mol. The average Bonchev–Trinajstić information content (AvgIpc) is 2.93. The molecule has 19 heavy (non-hydrogen) atoms. The smallest absolute Gasteiger partial charge is 0.217 e. The standard InChI is InChI=1S/C14H14ClN3O/c15-11-3-1-10(2-4-11)13-7-14(18-9-17-13)19-12-5-6-16-8-12/h1-4,7,9,12,16H,5-6,8H2. The molecule has 1 N–H and O–H groups in total. The van der Waals surface area contributed by atoms with E-state index in [-0.39, 0.29) is 6.10 Å². The Labute approximate surface area is 116 Å². The minimum absolute atomic E-state index is 0.202. The maximum atomic E-state index is 5.88. The highest BCUT2D eigenvalue weighted by atomic mass is 35.5. The summed E-state index contributed by atoms with van der Waals surface area (Å²) in [5.41, 5.74) is 1.84. The topological polar surface area (TPSA) is 47.0 Å². The summed E-state index contributed by atoms with van der Waals surface area (Å²) >= 11 is 5.88. The Balaban J connectivity index is 1.80. The normalized spacial score (nSPS) is 18.5. The van der Waals surface area contributed by atoms with E-state index >= 15 is 0 Å². The molecule has 0 amide bonds. The molecule has 1 fully saturated rings. The van der Waals surface area contributed by atoms with Crippen LogP contribution in [-0.4, -0.2) is 29.2 Å². The van der Waals surface area contributed by atoms with Crippen LogP contribution in [0, 0.1) is 0 Å². The molecule has 0 aliphatic carbocycles. The lowest BCUT2D eigenvalue weighted by Gasteiger charge is -2.11. The first kappa shape index (κ1) is 12.4. The number of nitrogens with one attached hydrogen (secondary N) is 1. The quantitative estimate of drug-likeness (QED) is 0.935. The third-order valence-electron chi connectivity index (χ3n) is 3.08. The average molecular weight is 276 g/mol. The van der Waals surface area contributed by atoms with Crippen molar-refractivity contribution in [2.24, 2.45) is 0 Å². The third kappa shape index (κ3) is 3.03. The SMILES string of the molecule is Clc1ccc(-c2cc(OC3CCNC3)ncn2)cc1. The van der Waals surface area contributed by atoms with Gasteiger partial charge in [-0.05, 0) is 25.1 Å². The summed E-state index contributed by atoms with van der Waals surface area (Å²) in [7, 11) is 0. The molecule has 1 unspecified atom stereocenters. The largest absolute Gasteiger partial charge is 0.473 e. The van der Waals surface area contributed by atoms with Gasteiger partial charge >= 0.3 is 0 Å². The predicted octanol–water partition coefficient (Wildman–Crippen LogP) is 2.54. The molecule has 1 aliphatic heterocycles. The second-order valence-electron chi connectivity index (χ2n) is 4.48. The lowest BCUT2D eigenvalue weighted by molar-refractivity contribution is 0.214. The first-order valence-corrected chi connectivity index (χ1v) is 6.64. The third-order valence-corrected chi connectivity index (χ3v) is 3.34. The van der Waals surface area contributed by atoms with Crippen molar-refractivity contribution in [1.29, 1.82) is 0 Å². The zero-order valence-electron chi connectivity index (χ0n) is 10.3. The fraction of sp³-hybridized carbons (Fsp3) is 0.286. The van der Waals surface area contributed by atoms with Gasteiger partial charge in [-0.3, -0.25) is 0 Å². The number of hydrogen-bond donors (Lipinski definition) is 1. The first-order chi connectivity index (χ1) is 9.31. The van der Waals surface area contributed by atoms with Crippen LogP contribution in [0.25, 0.3) is 11.3 Å². The molecule has 5 heteroatoms. The fourth-order valence-electron chi connectivity index (χ4n) is 2.08. The van der Waals surface area contributed by atoms with Gasteiger partial charge in [0.15, 0.2) is 0 Å². The van der Waals surface area contributed by atoms with E-state index in [4.69, 9.17) is 16.3 Å². The van der Waals surface area contributed by atoms with E-state index in [1.54, 1.807) is 0 Å². The molecule has 1 atom stereocenters. The molecule has 98 valence electrons. The second-order valence-corrected chi connectivity index (χ2v) is 4.92. The van der Waals surface area contributed by atoms with Crippen LogP contribution >= 0.6 is 11.6 Å². The van der Waals surface area contributed by atoms with E-state index in [1.807, 2.05) is 30.3 Å². The summed E-state index contributed by atoms with van der Waals surface area (Å²) in [6, 6.07) is 9.43. The van der Waals surface area contributed by atoms with Gasteiger partial charge in [-0.1, -0.05) is 23.7 Å². The summed E-state index contributed by atoms with van der Waals surface area (Å²) in [6.07, 6.45) is 2.75. The summed E-state index contributed by atoms with van der Waals surface area (Å²) in [4.78, 5) is 8.42. The van der Waals surface area contributed by atoms with Gasteiger partial charge in [0.25, 0.3) is 0 Å². The summed E-state index contributed by atoms with van der Waals surface area (Å²) in [5, 5.41) is 3.98.